The molecule has 2 aromatic carbocycles. The number of nitrogens with zero attached hydrogens (tertiary/aromatic N) is 4. The number of amides is 1. The summed E-state index contributed by atoms with van der Waals surface area (Å²) in [6.45, 7) is 7.23. The number of hydrogen-bond donors (Lipinski definition) is 0. The van der Waals surface area contributed by atoms with Gasteiger partial charge in [-0.15, -0.1) is 0 Å². The molecule has 1 aromatic heterocycles. The molecule has 0 atom stereocenters. The van der Waals surface area contributed by atoms with Crippen LogP contribution in [0.15, 0.2) is 40.9 Å². The molecule has 0 saturated carbocycles. The minimum Gasteiger partial charge on any atom is -0.491 e. The molecule has 9 heteroatoms. The van der Waals surface area contributed by atoms with Crippen LogP contribution in [0.25, 0.3) is 22.8 Å². The van der Waals surface area contributed by atoms with E-state index in [0.29, 0.717) is 60.3 Å². The highest BCUT2D eigenvalue weighted by Gasteiger charge is 2.25. The zero-order valence-corrected chi connectivity index (χ0v) is 19.4. The van der Waals surface area contributed by atoms with Gasteiger partial charge < -0.3 is 23.6 Å². The van der Waals surface area contributed by atoms with E-state index >= 15 is 0 Å². The molecule has 9 nitrogen and oxygen atoms in total. The van der Waals surface area contributed by atoms with E-state index in [1.165, 1.54) is 0 Å². The van der Waals surface area contributed by atoms with E-state index in [0.717, 1.165) is 12.0 Å². The summed E-state index contributed by atoms with van der Waals surface area (Å²) in [5.41, 5.74) is 2.49. The van der Waals surface area contributed by atoms with Crippen LogP contribution in [0.3, 0.4) is 0 Å². The maximum absolute atomic E-state index is 12.3. The molecule has 1 aliphatic heterocycles. The molecule has 0 spiro atoms. The number of carbonyl (C=O) groups is 1. The van der Waals surface area contributed by atoms with Gasteiger partial charge in [0.25, 0.3) is 5.89 Å². The van der Waals surface area contributed by atoms with E-state index in [9.17, 15) is 10.1 Å². The van der Waals surface area contributed by atoms with Gasteiger partial charge in [0.2, 0.25) is 5.82 Å². The van der Waals surface area contributed by atoms with Crippen LogP contribution in [-0.4, -0.2) is 47.0 Å². The average molecular weight is 463 g/mol. The zero-order valence-electron chi connectivity index (χ0n) is 19.4. The number of para-hydroxylation sites is 1. The number of fused-ring (bicyclic) bond motifs is 1. The molecule has 0 bridgehead atoms. The highest BCUT2D eigenvalue weighted by Crippen LogP contribution is 2.35. The third-order valence-electron chi connectivity index (χ3n) is 5.13. The number of nitriles is 1. The predicted molar refractivity (Wildman–Crippen MR) is 123 cm³/mol. The van der Waals surface area contributed by atoms with E-state index in [1.807, 2.05) is 39.0 Å². The first-order valence-corrected chi connectivity index (χ1v) is 11.2. The van der Waals surface area contributed by atoms with Crippen molar-refractivity contribution in [3.05, 3.63) is 47.5 Å². The number of rotatable bonds is 6. The summed E-state index contributed by atoms with van der Waals surface area (Å²) >= 11 is 0. The molecular weight excluding hydrogens is 436 g/mol. The van der Waals surface area contributed by atoms with Crippen molar-refractivity contribution >= 4 is 6.09 Å². The Morgan fingerprint density at radius 3 is 2.91 bits per heavy atom. The highest BCUT2D eigenvalue weighted by molar-refractivity contribution is 5.71. The summed E-state index contributed by atoms with van der Waals surface area (Å²) in [7, 11) is 0. The minimum absolute atomic E-state index is 0.0503. The van der Waals surface area contributed by atoms with Gasteiger partial charge >= 0.3 is 6.09 Å². The lowest BCUT2D eigenvalue weighted by Crippen LogP contribution is -2.33. The summed E-state index contributed by atoms with van der Waals surface area (Å²) in [5.74, 6) is 1.75. The molecule has 0 radical (unpaired) electrons. The van der Waals surface area contributed by atoms with Crippen molar-refractivity contribution in [2.24, 2.45) is 0 Å². The van der Waals surface area contributed by atoms with Gasteiger partial charge in [-0.25, -0.2) is 4.79 Å². The van der Waals surface area contributed by atoms with Crippen molar-refractivity contribution in [2.75, 3.05) is 19.8 Å². The topological polar surface area (TPSA) is 111 Å². The monoisotopic (exact) mass is 462 g/mol. The lowest BCUT2D eigenvalue weighted by Gasteiger charge is -2.19. The van der Waals surface area contributed by atoms with Gasteiger partial charge in [-0.2, -0.15) is 10.2 Å². The third kappa shape index (κ3) is 4.96. The number of ether oxygens (including phenoxy) is 3. The first-order chi connectivity index (χ1) is 16.5. The van der Waals surface area contributed by atoms with Gasteiger partial charge in [0.05, 0.1) is 36.9 Å². The summed E-state index contributed by atoms with van der Waals surface area (Å²) in [6.07, 6.45) is 0.356. The Morgan fingerprint density at radius 1 is 1.29 bits per heavy atom. The fourth-order valence-corrected chi connectivity index (χ4v) is 3.59. The fraction of sp³-hybridized carbons (Fsp3) is 0.360. The second-order valence-corrected chi connectivity index (χ2v) is 8.09. The maximum Gasteiger partial charge on any atom is 0.410 e. The summed E-state index contributed by atoms with van der Waals surface area (Å²) in [4.78, 5) is 18.5. The molecule has 176 valence electrons. The third-order valence-corrected chi connectivity index (χ3v) is 5.13. The molecule has 1 aliphatic rings. The Hall–Kier alpha value is -4.06. The lowest BCUT2D eigenvalue weighted by molar-refractivity contribution is 0.0972. The van der Waals surface area contributed by atoms with Crippen molar-refractivity contribution < 1.29 is 23.5 Å². The predicted octanol–water partition coefficient (Wildman–Crippen LogP) is 4.80. The Kier molecular flexibility index (Phi) is 6.97. The van der Waals surface area contributed by atoms with Crippen molar-refractivity contribution in [3.8, 4) is 40.4 Å². The molecule has 0 unspecified atom stereocenters. The van der Waals surface area contributed by atoms with Crippen molar-refractivity contribution in [2.45, 2.75) is 39.8 Å². The van der Waals surface area contributed by atoms with Gasteiger partial charge in [-0.1, -0.05) is 24.2 Å². The molecule has 3 aromatic rings. The average Bonchev–Trinajstić information content (AvgIpc) is 3.21. The Morgan fingerprint density at radius 2 is 2.15 bits per heavy atom. The van der Waals surface area contributed by atoms with Crippen molar-refractivity contribution in [1.82, 2.24) is 15.0 Å². The van der Waals surface area contributed by atoms with Crippen molar-refractivity contribution in [3.63, 3.8) is 0 Å². The molecule has 1 amide bonds. The van der Waals surface area contributed by atoms with Gasteiger partial charge in [-0.3, -0.25) is 0 Å². The molecule has 0 fully saturated rings. The summed E-state index contributed by atoms with van der Waals surface area (Å²) in [6, 6.07) is 12.9. The normalized spacial score (nSPS) is 13.0. The fourth-order valence-electron chi connectivity index (χ4n) is 3.59. The SMILES string of the molecule is CCCOC(=O)N1CCOc2c(cccc2-c2noc(-c3ccc(OC(C)C)c(C#N)c3)n2)C1. The quantitative estimate of drug-likeness (QED) is 0.513. The molecule has 0 saturated heterocycles. The highest BCUT2D eigenvalue weighted by atomic mass is 16.6. The number of carbonyl (C=O) groups excluding carboxylic acids is 1. The van der Waals surface area contributed by atoms with Gasteiger partial charge in [0.1, 0.15) is 24.2 Å². The summed E-state index contributed by atoms with van der Waals surface area (Å²) in [5, 5.41) is 13.6. The maximum atomic E-state index is 12.3. The van der Waals surface area contributed by atoms with E-state index < -0.39 is 0 Å². The van der Waals surface area contributed by atoms with Gasteiger partial charge in [0.15, 0.2) is 0 Å². The Labute approximate surface area is 197 Å². The number of aromatic nitrogens is 2. The zero-order chi connectivity index (χ0) is 24.1. The molecule has 2 heterocycles. The second-order valence-electron chi connectivity index (χ2n) is 8.09. The lowest BCUT2D eigenvalue weighted by atomic mass is 10.1. The minimum atomic E-state index is -0.358. The van der Waals surface area contributed by atoms with E-state index in [2.05, 4.69) is 16.2 Å². The smallest absolute Gasteiger partial charge is 0.410 e. The Bertz CT molecular complexity index is 1210. The van der Waals surface area contributed by atoms with Crippen molar-refractivity contribution in [1.29, 1.82) is 5.26 Å². The van der Waals surface area contributed by atoms with Crippen LogP contribution < -0.4 is 9.47 Å². The summed E-state index contributed by atoms with van der Waals surface area (Å²) < 4.78 is 22.4. The van der Waals surface area contributed by atoms with E-state index in [1.54, 1.807) is 23.1 Å². The van der Waals surface area contributed by atoms with Gasteiger partial charge in [-0.05, 0) is 44.5 Å². The van der Waals surface area contributed by atoms with Crippen LogP contribution in [-0.2, 0) is 11.3 Å². The van der Waals surface area contributed by atoms with Crippen LogP contribution in [0, 0.1) is 11.3 Å². The number of benzene rings is 2. The molecule has 0 N–H and O–H groups in total. The standard InChI is InChI=1S/C25H26N4O5/c1-4-11-32-25(30)29-10-12-31-22-18(15-29)6-5-7-20(22)23-27-24(34-28-23)17-8-9-21(33-16(2)3)19(13-17)14-26/h5-9,13,16H,4,10-12,15H2,1-3H3. The van der Waals surface area contributed by atoms with Crippen LogP contribution >= 0.6 is 0 Å². The molecule has 0 aliphatic carbocycles. The first-order valence-electron chi connectivity index (χ1n) is 11.2. The van der Waals surface area contributed by atoms with Crippen LogP contribution in [0.5, 0.6) is 11.5 Å². The van der Waals surface area contributed by atoms with Crippen LogP contribution in [0.4, 0.5) is 4.79 Å². The van der Waals surface area contributed by atoms with Crippen LogP contribution in [0.1, 0.15) is 38.3 Å². The molecule has 4 rings (SSSR count). The van der Waals surface area contributed by atoms with E-state index in [4.69, 9.17) is 18.7 Å². The van der Waals surface area contributed by atoms with E-state index in [-0.39, 0.29) is 18.1 Å². The molecular formula is C25H26N4O5. The van der Waals surface area contributed by atoms with Crippen LogP contribution in [0.2, 0.25) is 0 Å². The molecule has 34 heavy (non-hydrogen) atoms. The first kappa shape index (κ1) is 23.1. The Balaban J connectivity index is 1.61. The number of hydrogen-bond acceptors (Lipinski definition) is 8. The van der Waals surface area contributed by atoms with Gasteiger partial charge in [0, 0.05) is 11.1 Å². The largest absolute Gasteiger partial charge is 0.491 e. The second kappa shape index (κ2) is 10.3.